The van der Waals surface area contributed by atoms with Crippen LogP contribution in [0.1, 0.15) is 17.3 Å². The number of amides is 1. The fraction of sp³-hybridized carbons (Fsp3) is 0.0435. The quantitative estimate of drug-likeness (QED) is 0.388. The summed E-state index contributed by atoms with van der Waals surface area (Å²) in [5.74, 6) is -1.19. The van der Waals surface area contributed by atoms with Crippen LogP contribution < -0.4 is 10.6 Å². The molecule has 0 unspecified atom stereocenters. The topological polar surface area (TPSA) is 83.4 Å². The van der Waals surface area contributed by atoms with Crippen molar-refractivity contribution in [1.29, 1.82) is 0 Å². The summed E-state index contributed by atoms with van der Waals surface area (Å²) in [6.45, 7) is 1.48. The molecule has 1 aromatic heterocycles. The Kier molecular flexibility index (Phi) is 5.16. The SMILES string of the molecule is CC(=O)Nc1ccccc1-n1ccc2cc(Nc3ccc(Cl)cc3C(=O)O)ccc21. The number of fused-ring (bicyclic) bond motifs is 1. The number of carboxylic acid groups (broad SMARTS) is 1. The summed E-state index contributed by atoms with van der Waals surface area (Å²) in [6.07, 6.45) is 1.93. The van der Waals surface area contributed by atoms with Gasteiger partial charge in [-0.2, -0.15) is 0 Å². The molecule has 0 radical (unpaired) electrons. The first-order valence-corrected chi connectivity index (χ1v) is 9.58. The van der Waals surface area contributed by atoms with Gasteiger partial charge in [0.2, 0.25) is 5.91 Å². The first-order chi connectivity index (χ1) is 14.4. The zero-order chi connectivity index (χ0) is 21.3. The number of carbonyl (C=O) groups is 2. The molecule has 1 heterocycles. The normalized spacial score (nSPS) is 10.7. The smallest absolute Gasteiger partial charge is 0.337 e. The predicted molar refractivity (Wildman–Crippen MR) is 119 cm³/mol. The maximum Gasteiger partial charge on any atom is 0.337 e. The number of aromatic nitrogens is 1. The molecule has 0 spiro atoms. The van der Waals surface area contributed by atoms with Gasteiger partial charge in [-0.3, -0.25) is 4.79 Å². The van der Waals surface area contributed by atoms with E-state index in [-0.39, 0.29) is 11.5 Å². The third-order valence-electron chi connectivity index (χ3n) is 4.66. The monoisotopic (exact) mass is 419 g/mol. The van der Waals surface area contributed by atoms with E-state index >= 15 is 0 Å². The number of aromatic carboxylic acids is 1. The number of nitrogens with zero attached hydrogens (tertiary/aromatic N) is 1. The maximum atomic E-state index is 11.5. The minimum absolute atomic E-state index is 0.101. The van der Waals surface area contributed by atoms with Crippen molar-refractivity contribution in [2.45, 2.75) is 6.92 Å². The molecule has 7 heteroatoms. The van der Waals surface area contributed by atoms with Gasteiger partial charge in [0.25, 0.3) is 0 Å². The lowest BCUT2D eigenvalue weighted by atomic mass is 10.1. The lowest BCUT2D eigenvalue weighted by Gasteiger charge is -2.13. The second-order valence-corrected chi connectivity index (χ2v) is 7.21. The third kappa shape index (κ3) is 3.86. The molecule has 0 saturated heterocycles. The number of para-hydroxylation sites is 2. The van der Waals surface area contributed by atoms with Crippen LogP contribution in [0.2, 0.25) is 5.02 Å². The van der Waals surface area contributed by atoms with Crippen molar-refractivity contribution < 1.29 is 14.7 Å². The Morgan fingerprint density at radius 2 is 1.77 bits per heavy atom. The van der Waals surface area contributed by atoms with Crippen LogP contribution >= 0.6 is 11.6 Å². The number of carbonyl (C=O) groups excluding carboxylic acids is 1. The highest BCUT2D eigenvalue weighted by molar-refractivity contribution is 6.31. The van der Waals surface area contributed by atoms with E-state index in [4.69, 9.17) is 11.6 Å². The van der Waals surface area contributed by atoms with Crippen LogP contribution in [0.25, 0.3) is 16.6 Å². The zero-order valence-corrected chi connectivity index (χ0v) is 16.8. The van der Waals surface area contributed by atoms with Crippen molar-refractivity contribution in [1.82, 2.24) is 4.57 Å². The summed E-state index contributed by atoms with van der Waals surface area (Å²) < 4.78 is 2.00. The fourth-order valence-corrected chi connectivity index (χ4v) is 3.54. The molecule has 4 aromatic rings. The molecular formula is C23H18ClN3O3. The summed E-state index contributed by atoms with van der Waals surface area (Å²) in [5.41, 5.74) is 3.84. The van der Waals surface area contributed by atoms with Crippen LogP contribution in [0, 0.1) is 0 Å². The van der Waals surface area contributed by atoms with E-state index in [0.29, 0.717) is 10.7 Å². The van der Waals surface area contributed by atoms with Crippen LogP contribution in [0.5, 0.6) is 0 Å². The molecule has 0 aliphatic carbocycles. The van der Waals surface area contributed by atoms with Gasteiger partial charge in [0.15, 0.2) is 0 Å². The number of hydrogen-bond acceptors (Lipinski definition) is 3. The van der Waals surface area contributed by atoms with E-state index in [1.807, 2.05) is 59.3 Å². The van der Waals surface area contributed by atoms with Gasteiger partial charge < -0.3 is 20.3 Å². The van der Waals surface area contributed by atoms with Gasteiger partial charge in [-0.15, -0.1) is 0 Å². The molecule has 6 nitrogen and oxygen atoms in total. The van der Waals surface area contributed by atoms with Gasteiger partial charge >= 0.3 is 5.97 Å². The van der Waals surface area contributed by atoms with E-state index in [2.05, 4.69) is 10.6 Å². The Balaban J connectivity index is 1.71. The molecule has 1 amide bonds. The standard InChI is InChI=1S/C23H18ClN3O3/c1-14(28)25-20-4-2-3-5-22(20)27-11-10-15-12-17(7-9-21(15)27)26-19-8-6-16(24)13-18(19)23(29)30/h2-13,26H,1H3,(H,25,28)(H,29,30). The maximum absolute atomic E-state index is 11.5. The molecule has 0 bridgehead atoms. The Labute approximate surface area is 177 Å². The van der Waals surface area contributed by atoms with Gasteiger partial charge in [0.1, 0.15) is 0 Å². The lowest BCUT2D eigenvalue weighted by molar-refractivity contribution is -0.114. The van der Waals surface area contributed by atoms with Crippen molar-refractivity contribution in [2.75, 3.05) is 10.6 Å². The molecule has 3 aromatic carbocycles. The molecule has 150 valence electrons. The van der Waals surface area contributed by atoms with Gasteiger partial charge in [-0.1, -0.05) is 23.7 Å². The number of anilines is 3. The number of benzene rings is 3. The Hall–Kier alpha value is -3.77. The zero-order valence-electron chi connectivity index (χ0n) is 16.0. The highest BCUT2D eigenvalue weighted by Gasteiger charge is 2.13. The van der Waals surface area contributed by atoms with Crippen LogP contribution in [-0.2, 0) is 4.79 Å². The van der Waals surface area contributed by atoms with Crippen molar-refractivity contribution in [2.24, 2.45) is 0 Å². The average molecular weight is 420 g/mol. The fourth-order valence-electron chi connectivity index (χ4n) is 3.37. The first-order valence-electron chi connectivity index (χ1n) is 9.20. The predicted octanol–water partition coefficient (Wildman–Crippen LogP) is 5.68. The van der Waals surface area contributed by atoms with Crippen molar-refractivity contribution in [3.05, 3.63) is 83.5 Å². The molecule has 3 N–H and O–H groups in total. The minimum Gasteiger partial charge on any atom is -0.478 e. The van der Waals surface area contributed by atoms with Crippen LogP contribution in [-0.4, -0.2) is 21.6 Å². The van der Waals surface area contributed by atoms with Gasteiger partial charge in [0.05, 0.1) is 28.1 Å². The van der Waals surface area contributed by atoms with Gasteiger partial charge in [-0.25, -0.2) is 4.79 Å². The molecule has 0 aliphatic rings. The van der Waals surface area contributed by atoms with Gasteiger partial charge in [0, 0.05) is 29.2 Å². The summed E-state index contributed by atoms with van der Waals surface area (Å²) in [4.78, 5) is 23.0. The molecule has 0 fully saturated rings. The van der Waals surface area contributed by atoms with Crippen molar-refractivity contribution >= 4 is 51.4 Å². The largest absolute Gasteiger partial charge is 0.478 e. The average Bonchev–Trinajstić information content (AvgIpc) is 3.12. The van der Waals surface area contributed by atoms with E-state index in [9.17, 15) is 14.7 Å². The summed E-state index contributed by atoms with van der Waals surface area (Å²) in [6, 6.07) is 20.0. The van der Waals surface area contributed by atoms with Crippen molar-refractivity contribution in [3.8, 4) is 5.69 Å². The Morgan fingerprint density at radius 1 is 0.967 bits per heavy atom. The number of carboxylic acids is 1. The second-order valence-electron chi connectivity index (χ2n) is 6.78. The number of hydrogen-bond donors (Lipinski definition) is 3. The highest BCUT2D eigenvalue weighted by Crippen LogP contribution is 2.30. The summed E-state index contributed by atoms with van der Waals surface area (Å²) in [5, 5.41) is 16.8. The van der Waals surface area contributed by atoms with Crippen molar-refractivity contribution in [3.63, 3.8) is 0 Å². The number of nitrogens with one attached hydrogen (secondary N) is 2. The minimum atomic E-state index is -1.05. The van der Waals surface area contributed by atoms with E-state index in [1.165, 1.54) is 13.0 Å². The Bertz CT molecular complexity index is 1280. The van der Waals surface area contributed by atoms with Crippen LogP contribution in [0.3, 0.4) is 0 Å². The lowest BCUT2D eigenvalue weighted by Crippen LogP contribution is -2.08. The highest BCUT2D eigenvalue weighted by atomic mass is 35.5. The van der Waals surface area contributed by atoms with Crippen LogP contribution in [0.15, 0.2) is 72.9 Å². The number of halogens is 1. The molecule has 0 saturated carbocycles. The van der Waals surface area contributed by atoms with E-state index in [1.54, 1.807) is 12.1 Å². The molecule has 0 atom stereocenters. The van der Waals surface area contributed by atoms with E-state index < -0.39 is 5.97 Å². The summed E-state index contributed by atoms with van der Waals surface area (Å²) >= 11 is 5.93. The van der Waals surface area contributed by atoms with E-state index in [0.717, 1.165) is 28.0 Å². The second kappa shape index (κ2) is 7.93. The Morgan fingerprint density at radius 3 is 2.53 bits per heavy atom. The number of rotatable bonds is 5. The molecular weight excluding hydrogens is 402 g/mol. The molecule has 0 aliphatic heterocycles. The first kappa shape index (κ1) is 19.5. The van der Waals surface area contributed by atoms with Crippen LogP contribution in [0.4, 0.5) is 17.1 Å². The molecule has 4 rings (SSSR count). The van der Waals surface area contributed by atoms with Gasteiger partial charge in [-0.05, 0) is 54.6 Å². The molecule has 30 heavy (non-hydrogen) atoms. The third-order valence-corrected chi connectivity index (χ3v) is 4.89. The summed E-state index contributed by atoms with van der Waals surface area (Å²) in [7, 11) is 0.